The maximum absolute atomic E-state index is 12.1. The van der Waals surface area contributed by atoms with Crippen LogP contribution in [0.25, 0.3) is 0 Å². The highest BCUT2D eigenvalue weighted by molar-refractivity contribution is 7.80. The summed E-state index contributed by atoms with van der Waals surface area (Å²) < 4.78 is 4.97. The van der Waals surface area contributed by atoms with E-state index in [4.69, 9.17) is 17.0 Å². The number of hydrogen-bond acceptors (Lipinski definition) is 4. The van der Waals surface area contributed by atoms with Gasteiger partial charge in [0.15, 0.2) is 5.11 Å². The van der Waals surface area contributed by atoms with Crippen molar-refractivity contribution in [3.63, 3.8) is 0 Å². The quantitative estimate of drug-likeness (QED) is 0.179. The van der Waals surface area contributed by atoms with E-state index in [1.807, 2.05) is 0 Å². The molecule has 186 valence electrons. The molecule has 6 nitrogen and oxygen atoms in total. The lowest BCUT2D eigenvalue weighted by molar-refractivity contribution is -0.119. The molecule has 0 aromatic heterocycles. The Morgan fingerprint density at radius 1 is 0.848 bits per heavy atom. The number of benzene rings is 1. The molecule has 7 heteroatoms. The summed E-state index contributed by atoms with van der Waals surface area (Å²) in [7, 11) is 1.64. The monoisotopic (exact) mass is 477 g/mol. The first-order valence-corrected chi connectivity index (χ1v) is 13.0. The molecule has 0 saturated carbocycles. The third kappa shape index (κ3) is 15.5. The van der Waals surface area contributed by atoms with E-state index >= 15 is 0 Å². The maximum Gasteiger partial charge on any atom is 0.251 e. The van der Waals surface area contributed by atoms with Crippen molar-refractivity contribution in [3.8, 4) is 0 Å². The molecule has 33 heavy (non-hydrogen) atoms. The lowest BCUT2D eigenvalue weighted by Gasteiger charge is -2.10. The van der Waals surface area contributed by atoms with E-state index in [2.05, 4.69) is 22.9 Å². The van der Waals surface area contributed by atoms with Crippen LogP contribution in [0.4, 0.5) is 5.69 Å². The van der Waals surface area contributed by atoms with Crippen LogP contribution < -0.4 is 16.0 Å². The van der Waals surface area contributed by atoms with Gasteiger partial charge in [0.1, 0.15) is 0 Å². The number of amides is 2. The van der Waals surface area contributed by atoms with Gasteiger partial charge in [-0.25, -0.2) is 0 Å². The number of hydrogen-bond donors (Lipinski definition) is 3. The lowest BCUT2D eigenvalue weighted by Crippen LogP contribution is -2.33. The van der Waals surface area contributed by atoms with E-state index in [1.54, 1.807) is 31.4 Å². The smallest absolute Gasteiger partial charge is 0.251 e. The minimum atomic E-state index is -0.125. The van der Waals surface area contributed by atoms with Gasteiger partial charge in [0, 0.05) is 37.9 Å². The Kier molecular flexibility index (Phi) is 17.1. The molecular formula is C26H43N3O3S. The topological polar surface area (TPSA) is 79.5 Å². The molecule has 1 rings (SSSR count). The molecule has 0 radical (unpaired) electrons. The van der Waals surface area contributed by atoms with E-state index in [0.29, 0.717) is 25.1 Å². The number of carbonyl (C=O) groups excluding carboxylic acids is 2. The SMILES string of the molecule is CCCCCCCCCCCCCC(=O)NC(=S)Nc1ccc(C(=O)NCCCOC)cc1. The van der Waals surface area contributed by atoms with E-state index in [-0.39, 0.29) is 16.9 Å². The van der Waals surface area contributed by atoms with E-state index in [1.165, 1.54) is 57.8 Å². The molecule has 0 aliphatic carbocycles. The van der Waals surface area contributed by atoms with Crippen molar-refractivity contribution in [2.45, 2.75) is 90.4 Å². The van der Waals surface area contributed by atoms with Gasteiger partial charge in [-0.1, -0.05) is 71.1 Å². The first-order chi connectivity index (χ1) is 16.1. The van der Waals surface area contributed by atoms with Crippen molar-refractivity contribution in [3.05, 3.63) is 29.8 Å². The van der Waals surface area contributed by atoms with E-state index < -0.39 is 0 Å². The average molecular weight is 478 g/mol. The van der Waals surface area contributed by atoms with E-state index in [9.17, 15) is 9.59 Å². The third-order valence-electron chi connectivity index (χ3n) is 5.48. The van der Waals surface area contributed by atoms with Gasteiger partial charge in [-0.15, -0.1) is 0 Å². The van der Waals surface area contributed by atoms with E-state index in [0.717, 1.165) is 24.9 Å². The van der Waals surface area contributed by atoms with Gasteiger partial charge < -0.3 is 20.7 Å². The van der Waals surface area contributed by atoms with Crippen LogP contribution in [0.1, 0.15) is 101 Å². The lowest BCUT2D eigenvalue weighted by atomic mass is 10.1. The number of ether oxygens (including phenoxy) is 1. The molecule has 2 amide bonds. The second-order valence-corrected chi connectivity index (χ2v) is 8.88. The highest BCUT2D eigenvalue weighted by Crippen LogP contribution is 2.12. The summed E-state index contributed by atoms with van der Waals surface area (Å²) in [5.74, 6) is -0.184. The highest BCUT2D eigenvalue weighted by atomic mass is 32.1. The fourth-order valence-corrected chi connectivity index (χ4v) is 3.76. The molecule has 3 N–H and O–H groups in total. The molecule has 0 heterocycles. The fraction of sp³-hybridized carbons (Fsp3) is 0.654. The standard InChI is InChI=1S/C26H43N3O3S/c1-3-4-5-6-7-8-9-10-11-12-13-15-24(30)29-26(33)28-23-18-16-22(17-19-23)25(31)27-20-14-21-32-2/h16-19H,3-15,20-21H2,1-2H3,(H,27,31)(H2,28,29,30,33). The van der Waals surface area contributed by atoms with Crippen molar-refractivity contribution >= 4 is 34.8 Å². The summed E-state index contributed by atoms with van der Waals surface area (Å²) >= 11 is 5.23. The van der Waals surface area contributed by atoms with Crippen molar-refractivity contribution in [1.29, 1.82) is 0 Å². The molecule has 1 aromatic carbocycles. The summed E-state index contributed by atoms with van der Waals surface area (Å²) in [6.45, 7) is 3.44. The maximum atomic E-state index is 12.1. The summed E-state index contributed by atoms with van der Waals surface area (Å²) in [5.41, 5.74) is 1.30. The second-order valence-electron chi connectivity index (χ2n) is 8.47. The predicted octanol–water partition coefficient (Wildman–Crippen LogP) is 5.97. The Hall–Kier alpha value is -1.99. The molecule has 0 unspecified atom stereocenters. The largest absolute Gasteiger partial charge is 0.385 e. The minimum Gasteiger partial charge on any atom is -0.385 e. The number of carbonyl (C=O) groups is 2. The van der Waals surface area contributed by atoms with Gasteiger partial charge in [-0.05, 0) is 49.3 Å². The molecule has 0 bridgehead atoms. The zero-order chi connectivity index (χ0) is 24.2. The Balaban J connectivity index is 2.11. The highest BCUT2D eigenvalue weighted by Gasteiger charge is 2.07. The Bertz CT molecular complexity index is 680. The Morgan fingerprint density at radius 2 is 1.42 bits per heavy atom. The number of nitrogens with one attached hydrogen (secondary N) is 3. The Labute approximate surface area is 205 Å². The predicted molar refractivity (Wildman–Crippen MR) is 141 cm³/mol. The zero-order valence-corrected chi connectivity index (χ0v) is 21.4. The molecule has 0 aliphatic rings. The van der Waals surface area contributed by atoms with Crippen LogP contribution in [0, 0.1) is 0 Å². The summed E-state index contributed by atoms with van der Waals surface area (Å²) in [5, 5.41) is 8.85. The van der Waals surface area contributed by atoms with Crippen LogP contribution in [0.3, 0.4) is 0 Å². The molecule has 0 saturated heterocycles. The number of thiocarbonyl (C=S) groups is 1. The molecule has 0 fully saturated rings. The molecule has 1 aromatic rings. The molecular weight excluding hydrogens is 434 g/mol. The number of rotatable bonds is 18. The van der Waals surface area contributed by atoms with Crippen molar-refractivity contribution in [1.82, 2.24) is 10.6 Å². The fourth-order valence-electron chi connectivity index (χ4n) is 3.53. The van der Waals surface area contributed by atoms with Crippen LogP contribution in [0.2, 0.25) is 0 Å². The number of unbranched alkanes of at least 4 members (excludes halogenated alkanes) is 10. The van der Waals surface area contributed by atoms with Gasteiger partial charge in [0.2, 0.25) is 5.91 Å². The van der Waals surface area contributed by atoms with Crippen molar-refractivity contribution < 1.29 is 14.3 Å². The number of methoxy groups -OCH3 is 1. The summed E-state index contributed by atoms with van der Waals surface area (Å²) in [6.07, 6.45) is 15.1. The summed E-state index contributed by atoms with van der Waals surface area (Å²) in [4.78, 5) is 24.2. The Morgan fingerprint density at radius 3 is 2.00 bits per heavy atom. The average Bonchev–Trinajstić information content (AvgIpc) is 2.80. The molecule has 0 atom stereocenters. The van der Waals surface area contributed by atoms with Crippen LogP contribution in [-0.4, -0.2) is 37.2 Å². The van der Waals surface area contributed by atoms with Gasteiger partial charge in [-0.3, -0.25) is 9.59 Å². The normalized spacial score (nSPS) is 10.6. The summed E-state index contributed by atoms with van der Waals surface area (Å²) in [6, 6.07) is 6.99. The van der Waals surface area contributed by atoms with Crippen LogP contribution in [0.5, 0.6) is 0 Å². The first-order valence-electron chi connectivity index (χ1n) is 12.5. The zero-order valence-electron chi connectivity index (χ0n) is 20.5. The number of anilines is 1. The van der Waals surface area contributed by atoms with Crippen LogP contribution in [-0.2, 0) is 9.53 Å². The second kappa shape index (κ2) is 19.5. The first kappa shape index (κ1) is 29.0. The third-order valence-corrected chi connectivity index (χ3v) is 5.68. The van der Waals surface area contributed by atoms with Crippen molar-refractivity contribution in [2.24, 2.45) is 0 Å². The minimum absolute atomic E-state index is 0.0597. The molecule has 0 aliphatic heterocycles. The van der Waals surface area contributed by atoms with Crippen LogP contribution in [0.15, 0.2) is 24.3 Å². The molecule has 0 spiro atoms. The van der Waals surface area contributed by atoms with Gasteiger partial charge in [0.05, 0.1) is 0 Å². The van der Waals surface area contributed by atoms with Crippen molar-refractivity contribution in [2.75, 3.05) is 25.6 Å². The van der Waals surface area contributed by atoms with Gasteiger partial charge in [0.25, 0.3) is 5.91 Å². The van der Waals surface area contributed by atoms with Gasteiger partial charge in [-0.2, -0.15) is 0 Å². The van der Waals surface area contributed by atoms with Crippen LogP contribution >= 0.6 is 12.2 Å². The van der Waals surface area contributed by atoms with Gasteiger partial charge >= 0.3 is 0 Å².